The highest BCUT2D eigenvalue weighted by molar-refractivity contribution is 5.14. The van der Waals surface area contributed by atoms with E-state index >= 15 is 0 Å². The summed E-state index contributed by atoms with van der Waals surface area (Å²) in [7, 11) is 0. The van der Waals surface area contributed by atoms with Crippen molar-refractivity contribution in [1.29, 1.82) is 0 Å². The summed E-state index contributed by atoms with van der Waals surface area (Å²) in [5, 5.41) is 0. The van der Waals surface area contributed by atoms with Crippen molar-refractivity contribution in [3.05, 3.63) is 35.9 Å². The number of hydrogen-bond acceptors (Lipinski definition) is 1. The van der Waals surface area contributed by atoms with Crippen LogP contribution >= 0.6 is 0 Å². The third-order valence-electron chi connectivity index (χ3n) is 4.26. The Morgan fingerprint density at radius 3 is 2.22 bits per heavy atom. The van der Waals surface area contributed by atoms with Crippen LogP contribution in [0.25, 0.3) is 0 Å². The lowest BCUT2D eigenvalue weighted by Crippen LogP contribution is -2.30. The maximum absolute atomic E-state index is 6.04. The van der Waals surface area contributed by atoms with Crippen LogP contribution in [0.15, 0.2) is 30.3 Å². The van der Waals surface area contributed by atoms with E-state index < -0.39 is 0 Å². The Labute approximate surface area is 113 Å². The molecule has 1 atom stereocenters. The zero-order valence-electron chi connectivity index (χ0n) is 12.1. The Balaban J connectivity index is 2.42. The van der Waals surface area contributed by atoms with Gasteiger partial charge in [0.2, 0.25) is 0 Å². The fourth-order valence-electron chi connectivity index (χ4n) is 2.69. The quantitative estimate of drug-likeness (QED) is 0.680. The van der Waals surface area contributed by atoms with Gasteiger partial charge >= 0.3 is 0 Å². The lowest BCUT2D eigenvalue weighted by molar-refractivity contribution is 0.226. The average Bonchev–Trinajstić information content (AvgIpc) is 2.44. The van der Waals surface area contributed by atoms with Crippen molar-refractivity contribution in [3.63, 3.8) is 0 Å². The molecule has 0 aliphatic heterocycles. The fraction of sp³-hybridized carbons (Fsp3) is 0.647. The normalized spacial score (nSPS) is 14.4. The second kappa shape index (κ2) is 8.31. The topological polar surface area (TPSA) is 26.0 Å². The molecule has 1 nitrogen and oxygen atoms in total. The Morgan fingerprint density at radius 2 is 1.67 bits per heavy atom. The summed E-state index contributed by atoms with van der Waals surface area (Å²) in [6, 6.07) is 10.8. The molecule has 1 heteroatoms. The predicted octanol–water partition coefficient (Wildman–Crippen LogP) is 4.55. The molecule has 1 aromatic rings. The maximum atomic E-state index is 6.04. The lowest BCUT2D eigenvalue weighted by Gasteiger charge is -2.31. The SMILES string of the molecule is CCCCC(CC)(CN)CCCc1ccccc1. The zero-order chi connectivity index (χ0) is 13.3. The first kappa shape index (κ1) is 15.2. The molecule has 0 saturated heterocycles. The highest BCUT2D eigenvalue weighted by Gasteiger charge is 2.24. The van der Waals surface area contributed by atoms with Gasteiger partial charge in [-0.25, -0.2) is 0 Å². The standard InChI is InChI=1S/C17H29N/c1-3-5-13-17(4-2,15-18)14-9-12-16-10-7-6-8-11-16/h6-8,10-11H,3-5,9,12-15,18H2,1-2H3. The number of nitrogens with two attached hydrogens (primary N) is 1. The minimum absolute atomic E-state index is 0.394. The second-order valence-corrected chi connectivity index (χ2v) is 5.50. The first-order chi connectivity index (χ1) is 8.76. The van der Waals surface area contributed by atoms with Crippen LogP contribution in [0.3, 0.4) is 0 Å². The highest BCUT2D eigenvalue weighted by Crippen LogP contribution is 2.33. The molecule has 0 heterocycles. The van der Waals surface area contributed by atoms with Gasteiger partial charge < -0.3 is 5.73 Å². The number of hydrogen-bond donors (Lipinski definition) is 1. The largest absolute Gasteiger partial charge is 0.330 e. The molecule has 0 aromatic heterocycles. The van der Waals surface area contributed by atoms with Gasteiger partial charge in [0.15, 0.2) is 0 Å². The summed E-state index contributed by atoms with van der Waals surface area (Å²) < 4.78 is 0. The van der Waals surface area contributed by atoms with Gasteiger partial charge in [-0.2, -0.15) is 0 Å². The van der Waals surface area contributed by atoms with Crippen LogP contribution in [-0.4, -0.2) is 6.54 Å². The summed E-state index contributed by atoms with van der Waals surface area (Å²) in [4.78, 5) is 0. The van der Waals surface area contributed by atoms with E-state index in [1.54, 1.807) is 0 Å². The Bertz CT molecular complexity index is 301. The third kappa shape index (κ3) is 4.81. The van der Waals surface area contributed by atoms with Crippen molar-refractivity contribution in [3.8, 4) is 0 Å². The van der Waals surface area contributed by atoms with E-state index in [1.807, 2.05) is 0 Å². The molecule has 1 unspecified atom stereocenters. The Hall–Kier alpha value is -0.820. The Morgan fingerprint density at radius 1 is 1.00 bits per heavy atom. The molecule has 0 aliphatic rings. The highest BCUT2D eigenvalue weighted by atomic mass is 14.6. The first-order valence-corrected chi connectivity index (χ1v) is 7.50. The molecule has 0 spiro atoms. The first-order valence-electron chi connectivity index (χ1n) is 7.50. The zero-order valence-corrected chi connectivity index (χ0v) is 12.1. The van der Waals surface area contributed by atoms with E-state index in [1.165, 1.54) is 50.5 Å². The molecule has 0 aliphatic carbocycles. The third-order valence-corrected chi connectivity index (χ3v) is 4.26. The van der Waals surface area contributed by atoms with E-state index in [0.717, 1.165) is 6.54 Å². The van der Waals surface area contributed by atoms with Gasteiger partial charge in [-0.15, -0.1) is 0 Å². The van der Waals surface area contributed by atoms with Crippen LogP contribution in [0.2, 0.25) is 0 Å². The summed E-state index contributed by atoms with van der Waals surface area (Å²) in [5.74, 6) is 0. The smallest absolute Gasteiger partial charge is 0.00206 e. The van der Waals surface area contributed by atoms with Gasteiger partial charge in [0, 0.05) is 0 Å². The van der Waals surface area contributed by atoms with Gasteiger partial charge in [-0.05, 0) is 49.6 Å². The Kier molecular flexibility index (Phi) is 7.04. The second-order valence-electron chi connectivity index (χ2n) is 5.50. The van der Waals surface area contributed by atoms with Gasteiger partial charge in [0.25, 0.3) is 0 Å². The van der Waals surface area contributed by atoms with Crippen molar-refractivity contribution in [2.45, 2.75) is 58.8 Å². The number of benzene rings is 1. The monoisotopic (exact) mass is 247 g/mol. The van der Waals surface area contributed by atoms with Crippen molar-refractivity contribution < 1.29 is 0 Å². The van der Waals surface area contributed by atoms with Crippen LogP contribution < -0.4 is 5.73 Å². The molecule has 18 heavy (non-hydrogen) atoms. The van der Waals surface area contributed by atoms with E-state index in [-0.39, 0.29) is 0 Å². The van der Waals surface area contributed by atoms with Crippen molar-refractivity contribution in [2.75, 3.05) is 6.54 Å². The minimum Gasteiger partial charge on any atom is -0.330 e. The minimum atomic E-state index is 0.394. The molecular weight excluding hydrogens is 218 g/mol. The average molecular weight is 247 g/mol. The van der Waals surface area contributed by atoms with Crippen LogP contribution in [0.1, 0.15) is 57.9 Å². The molecule has 1 rings (SSSR count). The van der Waals surface area contributed by atoms with Crippen LogP contribution in [0, 0.1) is 5.41 Å². The molecule has 0 bridgehead atoms. The summed E-state index contributed by atoms with van der Waals surface area (Å²) in [5.41, 5.74) is 7.89. The van der Waals surface area contributed by atoms with Gasteiger partial charge in [-0.1, -0.05) is 57.0 Å². The maximum Gasteiger partial charge on any atom is -0.00206 e. The van der Waals surface area contributed by atoms with Crippen LogP contribution in [0.4, 0.5) is 0 Å². The molecule has 0 amide bonds. The molecule has 2 N–H and O–H groups in total. The van der Waals surface area contributed by atoms with Crippen molar-refractivity contribution >= 4 is 0 Å². The molecule has 102 valence electrons. The molecular formula is C17H29N. The van der Waals surface area contributed by atoms with Crippen molar-refractivity contribution in [2.24, 2.45) is 11.1 Å². The van der Waals surface area contributed by atoms with E-state index in [4.69, 9.17) is 5.73 Å². The number of unbranched alkanes of at least 4 members (excludes halogenated alkanes) is 1. The molecule has 0 fully saturated rings. The fourth-order valence-corrected chi connectivity index (χ4v) is 2.69. The molecule has 1 aromatic carbocycles. The summed E-state index contributed by atoms with van der Waals surface area (Å²) >= 11 is 0. The van der Waals surface area contributed by atoms with Gasteiger partial charge in [-0.3, -0.25) is 0 Å². The predicted molar refractivity (Wildman–Crippen MR) is 80.7 cm³/mol. The number of aryl methyl sites for hydroxylation is 1. The van der Waals surface area contributed by atoms with Crippen LogP contribution in [0.5, 0.6) is 0 Å². The van der Waals surface area contributed by atoms with E-state index in [9.17, 15) is 0 Å². The van der Waals surface area contributed by atoms with Crippen LogP contribution in [-0.2, 0) is 6.42 Å². The van der Waals surface area contributed by atoms with E-state index in [2.05, 4.69) is 44.2 Å². The van der Waals surface area contributed by atoms with Crippen molar-refractivity contribution in [1.82, 2.24) is 0 Å². The van der Waals surface area contributed by atoms with E-state index in [0.29, 0.717) is 5.41 Å². The summed E-state index contributed by atoms with van der Waals surface area (Å²) in [6.45, 7) is 5.41. The molecule has 0 radical (unpaired) electrons. The molecule has 0 saturated carbocycles. The number of rotatable bonds is 9. The van der Waals surface area contributed by atoms with Gasteiger partial charge in [0.05, 0.1) is 0 Å². The van der Waals surface area contributed by atoms with Gasteiger partial charge in [0.1, 0.15) is 0 Å². The lowest BCUT2D eigenvalue weighted by atomic mass is 9.76. The summed E-state index contributed by atoms with van der Waals surface area (Å²) in [6.07, 6.45) is 8.84.